The van der Waals surface area contributed by atoms with Crippen LogP contribution in [0.15, 0.2) is 23.0 Å². The second-order valence-electron chi connectivity index (χ2n) is 5.41. The summed E-state index contributed by atoms with van der Waals surface area (Å²) >= 11 is 0. The Balaban J connectivity index is 2.92. The minimum Gasteiger partial charge on any atom is -0.357 e. The first-order valence-corrected chi connectivity index (χ1v) is 5.63. The van der Waals surface area contributed by atoms with Gasteiger partial charge in [-0.2, -0.15) is 0 Å². The van der Waals surface area contributed by atoms with Crippen LogP contribution in [0.2, 0.25) is 0 Å². The number of pyridine rings is 1. The summed E-state index contributed by atoms with van der Waals surface area (Å²) in [6.45, 7) is 7.90. The molecule has 0 radical (unpaired) electrons. The molecule has 0 aliphatic rings. The van der Waals surface area contributed by atoms with Crippen LogP contribution in [0.1, 0.15) is 32.0 Å². The second-order valence-corrected chi connectivity index (χ2v) is 5.41. The van der Waals surface area contributed by atoms with Crippen molar-refractivity contribution >= 4 is 10.9 Å². The highest BCUT2D eigenvalue weighted by molar-refractivity contribution is 5.82. The Hall–Kier alpha value is -1.64. The molecule has 0 aliphatic carbocycles. The van der Waals surface area contributed by atoms with E-state index in [1.165, 1.54) is 12.1 Å². The Labute approximate surface area is 99.5 Å². The summed E-state index contributed by atoms with van der Waals surface area (Å²) in [7, 11) is 0. The minimum atomic E-state index is -0.465. The van der Waals surface area contributed by atoms with Crippen molar-refractivity contribution in [1.29, 1.82) is 0 Å². The molecule has 2 nitrogen and oxygen atoms in total. The third-order valence-corrected chi connectivity index (χ3v) is 2.95. The van der Waals surface area contributed by atoms with E-state index in [0.29, 0.717) is 5.52 Å². The number of hydrogen-bond donors (Lipinski definition) is 1. The molecule has 1 heterocycles. The van der Waals surface area contributed by atoms with Crippen LogP contribution in [0.3, 0.4) is 0 Å². The maximum absolute atomic E-state index is 13.6. The molecule has 17 heavy (non-hydrogen) atoms. The smallest absolute Gasteiger partial charge is 0.192 e. The van der Waals surface area contributed by atoms with Crippen LogP contribution >= 0.6 is 0 Å². The quantitative estimate of drug-likeness (QED) is 0.744. The first-order chi connectivity index (χ1) is 7.80. The molecular weight excluding hydrogens is 217 g/mol. The molecule has 0 unspecified atom stereocenters. The van der Waals surface area contributed by atoms with Crippen LogP contribution in [0.5, 0.6) is 0 Å². The van der Waals surface area contributed by atoms with Gasteiger partial charge in [0.2, 0.25) is 0 Å². The van der Waals surface area contributed by atoms with E-state index in [2.05, 4.69) is 4.98 Å². The van der Waals surface area contributed by atoms with E-state index in [9.17, 15) is 9.18 Å². The second kappa shape index (κ2) is 3.69. The molecule has 1 N–H and O–H groups in total. The lowest BCUT2D eigenvalue weighted by atomic mass is 9.91. The van der Waals surface area contributed by atoms with E-state index in [1.54, 1.807) is 6.07 Å². The van der Waals surface area contributed by atoms with Gasteiger partial charge in [0.1, 0.15) is 5.82 Å². The molecular formula is C14H16FNO. The monoisotopic (exact) mass is 233 g/mol. The zero-order chi connectivity index (χ0) is 12.8. The molecule has 0 bridgehead atoms. The fourth-order valence-electron chi connectivity index (χ4n) is 1.86. The molecule has 90 valence electrons. The number of rotatable bonds is 0. The lowest BCUT2D eigenvalue weighted by molar-refractivity contribution is 0.570. The number of benzene rings is 1. The summed E-state index contributed by atoms with van der Waals surface area (Å²) in [4.78, 5) is 15.1. The summed E-state index contributed by atoms with van der Waals surface area (Å²) in [6, 6.07) is 4.51. The molecule has 0 spiro atoms. The van der Waals surface area contributed by atoms with Gasteiger partial charge in [-0.25, -0.2) is 4.39 Å². The lowest BCUT2D eigenvalue weighted by Crippen LogP contribution is -2.18. The highest BCUT2D eigenvalue weighted by Gasteiger charge is 2.17. The summed E-state index contributed by atoms with van der Waals surface area (Å²) in [5.41, 5.74) is 1.88. The topological polar surface area (TPSA) is 32.9 Å². The third kappa shape index (κ3) is 1.97. The molecule has 0 aliphatic heterocycles. The SMILES string of the molecule is Cc1ccc(F)c2c(=O)cc(C(C)(C)C)[nH]c12. The Morgan fingerprint density at radius 2 is 1.88 bits per heavy atom. The summed E-state index contributed by atoms with van der Waals surface area (Å²) in [5, 5.41) is 0.151. The molecule has 1 aromatic carbocycles. The van der Waals surface area contributed by atoms with Crippen LogP contribution in [0.4, 0.5) is 4.39 Å². The molecule has 0 saturated carbocycles. The number of nitrogens with one attached hydrogen (secondary N) is 1. The summed E-state index contributed by atoms with van der Waals surface area (Å²) < 4.78 is 13.6. The predicted molar refractivity (Wildman–Crippen MR) is 68.0 cm³/mol. The van der Waals surface area contributed by atoms with Crippen molar-refractivity contribution in [3.63, 3.8) is 0 Å². The number of H-pyrrole nitrogens is 1. The standard InChI is InChI=1S/C14H16FNO/c1-8-5-6-9(15)12-10(17)7-11(14(2,3)4)16-13(8)12/h5-7H,1-4H3,(H,16,17). The number of fused-ring (bicyclic) bond motifs is 1. The lowest BCUT2D eigenvalue weighted by Gasteiger charge is -2.19. The number of aromatic nitrogens is 1. The Morgan fingerprint density at radius 3 is 2.47 bits per heavy atom. The van der Waals surface area contributed by atoms with E-state index in [1.807, 2.05) is 27.7 Å². The van der Waals surface area contributed by atoms with Crippen molar-refractivity contribution in [3.8, 4) is 0 Å². The number of halogens is 1. The van der Waals surface area contributed by atoms with E-state index in [0.717, 1.165) is 11.3 Å². The Kier molecular flexibility index (Phi) is 2.57. The van der Waals surface area contributed by atoms with E-state index in [-0.39, 0.29) is 16.2 Å². The highest BCUT2D eigenvalue weighted by Crippen LogP contribution is 2.23. The van der Waals surface area contributed by atoms with Crippen molar-refractivity contribution in [2.24, 2.45) is 0 Å². The first kappa shape index (κ1) is 11.8. The van der Waals surface area contributed by atoms with Gasteiger partial charge in [0, 0.05) is 17.2 Å². The van der Waals surface area contributed by atoms with Crippen molar-refractivity contribution in [2.75, 3.05) is 0 Å². The molecule has 0 saturated heterocycles. The van der Waals surface area contributed by atoms with Crippen molar-refractivity contribution < 1.29 is 4.39 Å². The molecule has 1 aromatic heterocycles. The van der Waals surface area contributed by atoms with Gasteiger partial charge in [-0.15, -0.1) is 0 Å². The van der Waals surface area contributed by atoms with Gasteiger partial charge in [0.05, 0.1) is 10.9 Å². The normalized spacial score (nSPS) is 12.1. The number of hydrogen-bond acceptors (Lipinski definition) is 1. The summed E-state index contributed by atoms with van der Waals surface area (Å²) in [6.07, 6.45) is 0. The molecule has 0 amide bonds. The van der Waals surface area contributed by atoms with E-state index < -0.39 is 5.82 Å². The maximum atomic E-state index is 13.6. The van der Waals surface area contributed by atoms with Gasteiger partial charge in [-0.3, -0.25) is 4.79 Å². The van der Waals surface area contributed by atoms with Gasteiger partial charge in [-0.1, -0.05) is 26.8 Å². The van der Waals surface area contributed by atoms with Gasteiger partial charge in [-0.05, 0) is 18.6 Å². The predicted octanol–water partition coefficient (Wildman–Crippen LogP) is 3.27. The minimum absolute atomic E-state index is 0.151. The van der Waals surface area contributed by atoms with Crippen LogP contribution in [-0.2, 0) is 5.41 Å². The van der Waals surface area contributed by atoms with Gasteiger partial charge >= 0.3 is 0 Å². The third-order valence-electron chi connectivity index (χ3n) is 2.95. The zero-order valence-electron chi connectivity index (χ0n) is 10.5. The highest BCUT2D eigenvalue weighted by atomic mass is 19.1. The van der Waals surface area contributed by atoms with Gasteiger partial charge < -0.3 is 4.98 Å². The fraction of sp³-hybridized carbons (Fsp3) is 0.357. The van der Waals surface area contributed by atoms with Crippen LogP contribution in [0.25, 0.3) is 10.9 Å². The number of aryl methyl sites for hydroxylation is 1. The van der Waals surface area contributed by atoms with E-state index in [4.69, 9.17) is 0 Å². The first-order valence-electron chi connectivity index (χ1n) is 5.63. The largest absolute Gasteiger partial charge is 0.357 e. The molecule has 0 atom stereocenters. The average molecular weight is 233 g/mol. The van der Waals surface area contributed by atoms with E-state index >= 15 is 0 Å². The Bertz CT molecular complexity index is 635. The van der Waals surface area contributed by atoms with Gasteiger partial charge in [0.25, 0.3) is 0 Å². The molecule has 2 aromatic rings. The van der Waals surface area contributed by atoms with Crippen molar-refractivity contribution in [2.45, 2.75) is 33.1 Å². The fourth-order valence-corrected chi connectivity index (χ4v) is 1.86. The summed E-state index contributed by atoms with van der Waals surface area (Å²) in [5.74, 6) is -0.465. The maximum Gasteiger partial charge on any atom is 0.192 e. The van der Waals surface area contributed by atoms with Gasteiger partial charge in [0.15, 0.2) is 5.43 Å². The molecule has 2 rings (SSSR count). The van der Waals surface area contributed by atoms with Crippen LogP contribution in [-0.4, -0.2) is 4.98 Å². The van der Waals surface area contributed by atoms with Crippen LogP contribution in [0, 0.1) is 12.7 Å². The Morgan fingerprint density at radius 1 is 1.24 bits per heavy atom. The number of aromatic amines is 1. The average Bonchev–Trinajstić information content (AvgIpc) is 2.21. The van der Waals surface area contributed by atoms with Crippen molar-refractivity contribution in [1.82, 2.24) is 4.98 Å². The van der Waals surface area contributed by atoms with Crippen molar-refractivity contribution in [3.05, 3.63) is 45.5 Å². The van der Waals surface area contributed by atoms with Crippen LogP contribution < -0.4 is 5.43 Å². The molecule has 3 heteroatoms. The molecule has 0 fully saturated rings. The zero-order valence-corrected chi connectivity index (χ0v) is 10.5.